The molecule has 0 aromatic carbocycles. The molecule has 1 aromatic rings. The molecular weight excluding hydrogens is 323 g/mol. The lowest BCUT2D eigenvalue weighted by Gasteiger charge is -2.25. The Bertz CT molecular complexity index is 407. The van der Waals surface area contributed by atoms with Crippen molar-refractivity contribution in [3.05, 3.63) is 15.5 Å². The number of hydrogen-bond acceptors (Lipinski definition) is 3. The summed E-state index contributed by atoms with van der Waals surface area (Å²) in [5.41, 5.74) is 0.867. The van der Waals surface area contributed by atoms with Crippen molar-refractivity contribution in [2.75, 3.05) is 6.54 Å². The number of amides is 3. The second kappa shape index (κ2) is 4.40. The molecule has 0 unspecified atom stereocenters. The van der Waals surface area contributed by atoms with Crippen molar-refractivity contribution < 1.29 is 9.59 Å². The molecule has 7 heteroatoms. The third-order valence-electron chi connectivity index (χ3n) is 2.48. The molecule has 1 fully saturated rings. The van der Waals surface area contributed by atoms with Crippen molar-refractivity contribution in [3.63, 3.8) is 0 Å². The van der Waals surface area contributed by atoms with Gasteiger partial charge in [0.1, 0.15) is 0 Å². The molecule has 0 spiro atoms. The maximum Gasteiger partial charge on any atom is 0.324 e. The highest BCUT2D eigenvalue weighted by Crippen LogP contribution is 2.14. The zero-order valence-electron chi connectivity index (χ0n) is 8.73. The van der Waals surface area contributed by atoms with Crippen LogP contribution in [0.25, 0.3) is 0 Å². The summed E-state index contributed by atoms with van der Waals surface area (Å²) in [6.07, 6.45) is 2.07. The third kappa shape index (κ3) is 2.04. The molecule has 16 heavy (non-hydrogen) atoms. The van der Waals surface area contributed by atoms with Crippen LogP contribution < -0.4 is 5.32 Å². The van der Waals surface area contributed by atoms with Crippen molar-refractivity contribution >= 4 is 34.5 Å². The highest BCUT2D eigenvalue weighted by molar-refractivity contribution is 14.1. The molecule has 6 nitrogen and oxygen atoms in total. The zero-order valence-corrected chi connectivity index (χ0v) is 10.9. The summed E-state index contributed by atoms with van der Waals surface area (Å²) in [5, 5.41) is 6.72. The number of aryl methyl sites for hydroxylation is 1. The Morgan fingerprint density at radius 3 is 2.88 bits per heavy atom. The van der Waals surface area contributed by atoms with Crippen LogP contribution in [-0.4, -0.2) is 33.2 Å². The number of nitrogens with one attached hydrogen (secondary N) is 1. The van der Waals surface area contributed by atoms with Gasteiger partial charge in [-0.3, -0.25) is 14.4 Å². The Kier molecular flexibility index (Phi) is 3.13. The SMILES string of the molecule is Cn1ncc(I)c1CN1C(=O)CCNC1=O. The molecule has 2 heterocycles. The summed E-state index contributed by atoms with van der Waals surface area (Å²) in [4.78, 5) is 24.3. The van der Waals surface area contributed by atoms with E-state index in [2.05, 4.69) is 33.0 Å². The molecule has 1 aliphatic heterocycles. The maximum absolute atomic E-state index is 11.6. The van der Waals surface area contributed by atoms with E-state index < -0.39 is 0 Å². The molecule has 0 radical (unpaired) electrons. The number of aromatic nitrogens is 2. The smallest absolute Gasteiger partial charge is 0.324 e. The average Bonchev–Trinajstić information content (AvgIpc) is 2.54. The molecule has 0 atom stereocenters. The summed E-state index contributed by atoms with van der Waals surface area (Å²) in [6.45, 7) is 0.704. The lowest BCUT2D eigenvalue weighted by Crippen LogP contribution is -2.49. The molecule has 1 saturated heterocycles. The van der Waals surface area contributed by atoms with Crippen LogP contribution in [0.3, 0.4) is 0 Å². The minimum atomic E-state index is -0.326. The van der Waals surface area contributed by atoms with Gasteiger partial charge in [0.15, 0.2) is 0 Å². The number of halogens is 1. The van der Waals surface area contributed by atoms with Gasteiger partial charge in [-0.2, -0.15) is 5.10 Å². The predicted octanol–water partition coefficient (Wildman–Crippen LogP) is 0.467. The number of rotatable bonds is 2. The van der Waals surface area contributed by atoms with Crippen LogP contribution in [-0.2, 0) is 18.4 Å². The van der Waals surface area contributed by atoms with Crippen LogP contribution in [0.2, 0.25) is 0 Å². The van der Waals surface area contributed by atoms with E-state index in [1.807, 2.05) is 0 Å². The molecule has 1 aromatic heterocycles. The Morgan fingerprint density at radius 1 is 1.56 bits per heavy atom. The first kappa shape index (κ1) is 11.4. The monoisotopic (exact) mass is 334 g/mol. The average molecular weight is 334 g/mol. The van der Waals surface area contributed by atoms with Crippen molar-refractivity contribution in [3.8, 4) is 0 Å². The Morgan fingerprint density at radius 2 is 2.31 bits per heavy atom. The number of nitrogens with zero attached hydrogens (tertiary/aromatic N) is 3. The summed E-state index contributed by atoms with van der Waals surface area (Å²) < 4.78 is 2.63. The van der Waals surface area contributed by atoms with Crippen molar-refractivity contribution in [2.24, 2.45) is 7.05 Å². The Balaban J connectivity index is 2.20. The van der Waals surface area contributed by atoms with Crippen LogP contribution in [0.15, 0.2) is 6.20 Å². The lowest BCUT2D eigenvalue weighted by molar-refractivity contribution is -0.129. The number of urea groups is 1. The second-order valence-electron chi connectivity index (χ2n) is 3.52. The number of carbonyl (C=O) groups is 2. The van der Waals surface area contributed by atoms with E-state index in [1.165, 1.54) is 4.90 Å². The standard InChI is InChI=1S/C9H11IN4O2/c1-13-7(6(10)4-12-13)5-14-8(15)2-3-11-9(14)16/h4H,2-3,5H2,1H3,(H,11,16). The molecule has 0 saturated carbocycles. The van der Waals surface area contributed by atoms with Gasteiger partial charge in [-0.25, -0.2) is 4.79 Å². The number of carbonyl (C=O) groups excluding carboxylic acids is 2. The fourth-order valence-electron chi connectivity index (χ4n) is 1.54. The van der Waals surface area contributed by atoms with E-state index >= 15 is 0 Å². The van der Waals surface area contributed by atoms with Gasteiger partial charge < -0.3 is 5.32 Å². The van der Waals surface area contributed by atoms with E-state index in [4.69, 9.17) is 0 Å². The zero-order chi connectivity index (χ0) is 11.7. The normalized spacial score (nSPS) is 16.5. The minimum Gasteiger partial charge on any atom is -0.337 e. The quantitative estimate of drug-likeness (QED) is 0.800. The van der Waals surface area contributed by atoms with E-state index in [1.54, 1.807) is 17.9 Å². The first-order chi connectivity index (χ1) is 7.59. The largest absolute Gasteiger partial charge is 0.337 e. The second-order valence-corrected chi connectivity index (χ2v) is 4.69. The molecule has 1 aliphatic rings. The summed E-state index contributed by atoms with van der Waals surface area (Å²) >= 11 is 2.14. The van der Waals surface area contributed by atoms with Gasteiger partial charge >= 0.3 is 6.03 Å². The molecule has 3 amide bonds. The molecule has 0 aliphatic carbocycles. The van der Waals surface area contributed by atoms with E-state index in [9.17, 15) is 9.59 Å². The fourth-order valence-corrected chi connectivity index (χ4v) is 2.19. The molecule has 1 N–H and O–H groups in total. The van der Waals surface area contributed by atoms with Crippen LogP contribution in [0.1, 0.15) is 12.1 Å². The summed E-state index contributed by atoms with van der Waals surface area (Å²) in [5.74, 6) is -0.138. The topological polar surface area (TPSA) is 67.2 Å². The van der Waals surface area contributed by atoms with E-state index in [0.29, 0.717) is 13.0 Å². The third-order valence-corrected chi connectivity index (χ3v) is 3.38. The highest BCUT2D eigenvalue weighted by Gasteiger charge is 2.27. The molecule has 86 valence electrons. The molecular formula is C9H11IN4O2. The van der Waals surface area contributed by atoms with Gasteiger partial charge in [0, 0.05) is 20.0 Å². The van der Waals surface area contributed by atoms with Crippen LogP contribution in [0.4, 0.5) is 4.79 Å². The number of imide groups is 1. The van der Waals surface area contributed by atoms with Gasteiger partial charge in [0.05, 0.1) is 22.0 Å². The lowest BCUT2D eigenvalue weighted by atomic mass is 10.3. The van der Waals surface area contributed by atoms with Crippen molar-refractivity contribution in [2.45, 2.75) is 13.0 Å². The first-order valence-corrected chi connectivity index (χ1v) is 5.92. The summed E-state index contributed by atoms with van der Waals surface area (Å²) in [7, 11) is 1.80. The van der Waals surface area contributed by atoms with Gasteiger partial charge in [-0.1, -0.05) is 0 Å². The highest BCUT2D eigenvalue weighted by atomic mass is 127. The molecule has 2 rings (SSSR count). The van der Waals surface area contributed by atoms with Crippen molar-refractivity contribution in [1.82, 2.24) is 20.0 Å². The Hall–Kier alpha value is -1.12. The fraction of sp³-hybridized carbons (Fsp3) is 0.444. The summed E-state index contributed by atoms with van der Waals surface area (Å²) in [6, 6.07) is -0.326. The van der Waals surface area contributed by atoms with Gasteiger partial charge in [0.25, 0.3) is 0 Å². The van der Waals surface area contributed by atoms with Crippen LogP contribution >= 0.6 is 22.6 Å². The minimum absolute atomic E-state index is 0.138. The van der Waals surface area contributed by atoms with Crippen LogP contribution in [0.5, 0.6) is 0 Å². The van der Waals surface area contributed by atoms with Crippen molar-refractivity contribution in [1.29, 1.82) is 0 Å². The van der Waals surface area contributed by atoms with E-state index in [0.717, 1.165) is 9.26 Å². The van der Waals surface area contributed by atoms with Gasteiger partial charge in [-0.15, -0.1) is 0 Å². The predicted molar refractivity (Wildman–Crippen MR) is 64.5 cm³/mol. The van der Waals surface area contributed by atoms with E-state index in [-0.39, 0.29) is 18.5 Å². The molecule has 0 bridgehead atoms. The number of hydrogen-bond donors (Lipinski definition) is 1. The first-order valence-electron chi connectivity index (χ1n) is 4.84. The maximum atomic E-state index is 11.6. The van der Waals surface area contributed by atoms with Crippen LogP contribution in [0, 0.1) is 3.57 Å². The van der Waals surface area contributed by atoms with Gasteiger partial charge in [0.2, 0.25) is 5.91 Å². The van der Waals surface area contributed by atoms with Gasteiger partial charge in [-0.05, 0) is 22.6 Å². The Labute approximate surface area is 106 Å².